The molecule has 0 bridgehead atoms. The number of likely N-dealkylation sites (N-methyl/N-ethyl adjacent to an activating group) is 1. The number of pyridine rings is 1. The van der Waals surface area contributed by atoms with E-state index in [-0.39, 0.29) is 18.0 Å². The fourth-order valence-corrected chi connectivity index (χ4v) is 6.32. The lowest BCUT2D eigenvalue weighted by Gasteiger charge is -2.44. The molecule has 38 heavy (non-hydrogen) atoms. The van der Waals surface area contributed by atoms with E-state index in [4.69, 9.17) is 4.42 Å². The molecule has 1 N–H and O–H groups in total. The van der Waals surface area contributed by atoms with Crippen molar-refractivity contribution < 1.29 is 17.9 Å². The number of oxazole rings is 1. The molecule has 0 radical (unpaired) electrons. The second-order valence-corrected chi connectivity index (χ2v) is 12.0. The van der Waals surface area contributed by atoms with Crippen LogP contribution in [0.1, 0.15) is 28.5 Å². The summed E-state index contributed by atoms with van der Waals surface area (Å²) >= 11 is 0. The van der Waals surface area contributed by atoms with Gasteiger partial charge in [-0.05, 0) is 73.3 Å². The number of nitrogens with zero attached hydrogens (tertiary/aromatic N) is 5. The summed E-state index contributed by atoms with van der Waals surface area (Å²) in [6.07, 6.45) is 3.80. The molecule has 0 aliphatic carbocycles. The molecule has 2 aliphatic heterocycles. The van der Waals surface area contributed by atoms with Gasteiger partial charge in [-0.2, -0.15) is 4.31 Å². The van der Waals surface area contributed by atoms with Crippen molar-refractivity contribution in [3.63, 3.8) is 0 Å². The van der Waals surface area contributed by atoms with E-state index in [2.05, 4.69) is 39.9 Å². The number of hydrogen-bond acceptors (Lipinski definition) is 8. The molecule has 10 heteroatoms. The normalized spacial score (nSPS) is 17.0. The van der Waals surface area contributed by atoms with Crippen molar-refractivity contribution in [2.75, 3.05) is 32.1 Å². The summed E-state index contributed by atoms with van der Waals surface area (Å²) in [4.78, 5) is 13.3. The molecule has 9 nitrogen and oxygen atoms in total. The number of aliphatic hydroxyl groups excluding tert-OH is 1. The first-order valence-electron chi connectivity index (χ1n) is 12.5. The van der Waals surface area contributed by atoms with Crippen LogP contribution in [0.3, 0.4) is 0 Å². The van der Waals surface area contributed by atoms with Crippen molar-refractivity contribution in [2.45, 2.75) is 30.1 Å². The van der Waals surface area contributed by atoms with Crippen LogP contribution in [0.15, 0.2) is 82.6 Å². The Bertz CT molecular complexity index is 1550. The van der Waals surface area contributed by atoms with E-state index < -0.39 is 16.1 Å². The number of fused-ring (bicyclic) bond motifs is 1. The smallest absolute Gasteiger partial charge is 0.243 e. The van der Waals surface area contributed by atoms with Gasteiger partial charge in [0.05, 0.1) is 16.8 Å². The molecule has 2 aromatic heterocycles. The van der Waals surface area contributed by atoms with E-state index in [0.29, 0.717) is 23.2 Å². The Kier molecular flexibility index (Phi) is 6.27. The Morgan fingerprint density at radius 3 is 2.50 bits per heavy atom. The zero-order valence-corrected chi connectivity index (χ0v) is 22.0. The van der Waals surface area contributed by atoms with Gasteiger partial charge < -0.3 is 19.3 Å². The Hall–Kier alpha value is -3.57. The Morgan fingerprint density at radius 1 is 1.03 bits per heavy atom. The molecular formula is C28H29N5O4S. The van der Waals surface area contributed by atoms with Crippen molar-refractivity contribution >= 4 is 15.7 Å². The van der Waals surface area contributed by atoms with Gasteiger partial charge in [-0.25, -0.2) is 13.4 Å². The van der Waals surface area contributed by atoms with Crippen LogP contribution in [0.25, 0.3) is 11.5 Å². The Labute approximate surface area is 222 Å². The van der Waals surface area contributed by atoms with Gasteiger partial charge in [-0.3, -0.25) is 4.98 Å². The maximum atomic E-state index is 13.4. The molecule has 1 atom stereocenters. The molecule has 4 heterocycles. The van der Waals surface area contributed by atoms with Gasteiger partial charge in [0.1, 0.15) is 12.4 Å². The SMILES string of the molecule is CN(C)C1CN(c2cccc([C@H](O)c3cc4c(cn3)CN(S(=O)(=O)c3ccc(-c5ncco5)cc3)C4)c2)C1. The first kappa shape index (κ1) is 24.7. The highest BCUT2D eigenvalue weighted by atomic mass is 32.2. The topological polar surface area (TPSA) is 103 Å². The predicted octanol–water partition coefficient (Wildman–Crippen LogP) is 3.27. The van der Waals surface area contributed by atoms with Gasteiger partial charge in [0.25, 0.3) is 0 Å². The van der Waals surface area contributed by atoms with Gasteiger partial charge >= 0.3 is 0 Å². The minimum atomic E-state index is -3.72. The molecule has 4 aromatic rings. The molecule has 1 fully saturated rings. The maximum Gasteiger partial charge on any atom is 0.243 e. The number of aromatic nitrogens is 2. The molecule has 0 amide bonds. The Balaban J connectivity index is 1.17. The molecule has 1 saturated heterocycles. The molecule has 6 rings (SSSR count). The average molecular weight is 532 g/mol. The largest absolute Gasteiger partial charge is 0.445 e. The van der Waals surface area contributed by atoms with E-state index in [1.54, 1.807) is 36.7 Å². The van der Waals surface area contributed by atoms with Crippen LogP contribution in [0, 0.1) is 0 Å². The first-order valence-corrected chi connectivity index (χ1v) is 13.9. The summed E-state index contributed by atoms with van der Waals surface area (Å²) < 4.78 is 33.4. The van der Waals surface area contributed by atoms with Gasteiger partial charge in [0.2, 0.25) is 15.9 Å². The van der Waals surface area contributed by atoms with Crippen LogP contribution in [0.4, 0.5) is 5.69 Å². The van der Waals surface area contributed by atoms with Gasteiger partial charge in [-0.15, -0.1) is 0 Å². The standard InChI is InChI=1S/C28H29N5O4S/c1-31(2)24-17-32(18-24)23-5-3-4-20(12-23)27(34)26-13-21-15-33(16-22(21)14-30-26)38(35,36)25-8-6-19(7-9-25)28-29-10-11-37-28/h3-14,24,27,34H,15-18H2,1-2H3/t27-/m0/s1. The number of aliphatic hydroxyl groups is 1. The zero-order chi connectivity index (χ0) is 26.4. The minimum absolute atomic E-state index is 0.202. The summed E-state index contributed by atoms with van der Waals surface area (Å²) in [7, 11) is 0.458. The van der Waals surface area contributed by atoms with Crippen molar-refractivity contribution in [3.05, 3.63) is 95.6 Å². The molecule has 196 valence electrons. The summed E-state index contributed by atoms with van der Waals surface area (Å²) in [5.41, 5.74) is 4.73. The number of rotatable bonds is 7. The van der Waals surface area contributed by atoms with Gasteiger partial charge in [-0.1, -0.05) is 12.1 Å². The van der Waals surface area contributed by atoms with Crippen LogP contribution in [0.5, 0.6) is 0 Å². The third-order valence-corrected chi connectivity index (χ3v) is 9.20. The maximum absolute atomic E-state index is 13.4. The van der Waals surface area contributed by atoms with E-state index in [9.17, 15) is 13.5 Å². The lowest BCUT2D eigenvalue weighted by atomic mass is 10.0. The van der Waals surface area contributed by atoms with Crippen LogP contribution in [0.2, 0.25) is 0 Å². The van der Waals surface area contributed by atoms with E-state index in [1.807, 2.05) is 24.3 Å². The number of hydrogen-bond donors (Lipinski definition) is 1. The summed E-state index contributed by atoms with van der Waals surface area (Å²) in [5, 5.41) is 11.1. The predicted molar refractivity (Wildman–Crippen MR) is 143 cm³/mol. The van der Waals surface area contributed by atoms with Gasteiger partial charge in [0, 0.05) is 49.7 Å². The molecule has 0 spiro atoms. The highest BCUT2D eigenvalue weighted by Crippen LogP contribution is 2.33. The molecule has 0 saturated carbocycles. The summed E-state index contributed by atoms with van der Waals surface area (Å²) in [5.74, 6) is 0.438. The van der Waals surface area contributed by atoms with E-state index in [0.717, 1.165) is 35.5 Å². The third-order valence-electron chi connectivity index (χ3n) is 7.39. The van der Waals surface area contributed by atoms with Crippen molar-refractivity contribution in [1.29, 1.82) is 0 Å². The van der Waals surface area contributed by atoms with Crippen molar-refractivity contribution in [3.8, 4) is 11.5 Å². The van der Waals surface area contributed by atoms with Crippen LogP contribution in [-0.2, 0) is 23.1 Å². The lowest BCUT2D eigenvalue weighted by Crippen LogP contribution is -2.57. The zero-order valence-electron chi connectivity index (χ0n) is 21.2. The molecular weight excluding hydrogens is 502 g/mol. The van der Waals surface area contributed by atoms with Crippen molar-refractivity contribution in [1.82, 2.24) is 19.2 Å². The monoisotopic (exact) mass is 531 g/mol. The summed E-state index contributed by atoms with van der Waals surface area (Å²) in [6, 6.07) is 16.8. The van der Waals surface area contributed by atoms with E-state index in [1.165, 1.54) is 10.6 Å². The number of anilines is 1. The molecule has 2 aromatic carbocycles. The Morgan fingerprint density at radius 2 is 1.79 bits per heavy atom. The average Bonchev–Trinajstić information content (AvgIpc) is 3.58. The second-order valence-electron chi connectivity index (χ2n) is 10.0. The molecule has 2 aliphatic rings. The fraction of sp³-hybridized carbons (Fsp3) is 0.286. The van der Waals surface area contributed by atoms with Crippen LogP contribution < -0.4 is 4.90 Å². The minimum Gasteiger partial charge on any atom is -0.445 e. The van der Waals surface area contributed by atoms with Gasteiger partial charge in [0.15, 0.2) is 0 Å². The first-order chi connectivity index (χ1) is 18.3. The fourth-order valence-electron chi connectivity index (χ4n) is 4.93. The lowest BCUT2D eigenvalue weighted by molar-refractivity contribution is 0.215. The van der Waals surface area contributed by atoms with E-state index >= 15 is 0 Å². The molecule has 0 unspecified atom stereocenters. The quantitative estimate of drug-likeness (QED) is 0.388. The van der Waals surface area contributed by atoms with Crippen molar-refractivity contribution in [2.24, 2.45) is 0 Å². The second kappa shape index (κ2) is 9.63. The highest BCUT2D eigenvalue weighted by molar-refractivity contribution is 7.89. The van der Waals surface area contributed by atoms with Crippen LogP contribution >= 0.6 is 0 Å². The highest BCUT2D eigenvalue weighted by Gasteiger charge is 2.32. The number of benzene rings is 2. The summed E-state index contributed by atoms with van der Waals surface area (Å²) in [6.45, 7) is 2.37. The van der Waals surface area contributed by atoms with Crippen LogP contribution in [-0.4, -0.2) is 65.9 Å². The number of sulfonamides is 1. The third kappa shape index (κ3) is 4.49.